The van der Waals surface area contributed by atoms with Crippen molar-refractivity contribution in [3.05, 3.63) is 48.0 Å². The van der Waals surface area contributed by atoms with Crippen LogP contribution >= 0.6 is 0 Å². The summed E-state index contributed by atoms with van der Waals surface area (Å²) in [5, 5.41) is 39.1. The van der Waals surface area contributed by atoms with Crippen molar-refractivity contribution in [3.8, 4) is 0 Å². The van der Waals surface area contributed by atoms with Crippen LogP contribution in [-0.2, 0) is 16.1 Å². The molecule has 26 heavy (non-hydrogen) atoms. The number of nitrogens with zero attached hydrogens (tertiary/aromatic N) is 4. The number of hydrogen-bond acceptors (Lipinski definition) is 8. The van der Waals surface area contributed by atoms with Crippen molar-refractivity contribution in [2.75, 3.05) is 6.61 Å². The molecule has 0 bridgehead atoms. The third-order valence-electron chi connectivity index (χ3n) is 4.90. The van der Waals surface area contributed by atoms with Gasteiger partial charge < -0.3 is 25.0 Å². The summed E-state index contributed by atoms with van der Waals surface area (Å²) < 4.78 is 5.53. The van der Waals surface area contributed by atoms with Crippen molar-refractivity contribution < 1.29 is 24.9 Å². The first-order valence-corrected chi connectivity index (χ1v) is 8.44. The maximum atomic E-state index is 12.3. The Morgan fingerprint density at radius 3 is 2.62 bits per heavy atom. The van der Waals surface area contributed by atoms with Gasteiger partial charge in [0.1, 0.15) is 24.4 Å². The maximum absolute atomic E-state index is 12.3. The van der Waals surface area contributed by atoms with Crippen LogP contribution in [0, 0.1) is 0 Å². The highest BCUT2D eigenvalue weighted by Crippen LogP contribution is 2.33. The summed E-state index contributed by atoms with van der Waals surface area (Å²) in [6, 6.07) is 9.15. The summed E-state index contributed by atoms with van der Waals surface area (Å²) in [7, 11) is 0. The molecule has 9 nitrogen and oxygen atoms in total. The van der Waals surface area contributed by atoms with Crippen LogP contribution in [0.25, 0.3) is 0 Å². The molecule has 1 fully saturated rings. The lowest BCUT2D eigenvalue weighted by Gasteiger charge is -2.36. The lowest BCUT2D eigenvalue weighted by molar-refractivity contribution is -0.133. The molecule has 1 amide bonds. The summed E-state index contributed by atoms with van der Waals surface area (Å²) in [4.78, 5) is 14.0. The molecule has 4 rings (SSSR count). The molecule has 3 aliphatic rings. The van der Waals surface area contributed by atoms with E-state index in [-0.39, 0.29) is 5.91 Å². The monoisotopic (exact) mass is 360 g/mol. The predicted molar refractivity (Wildman–Crippen MR) is 88.2 cm³/mol. The van der Waals surface area contributed by atoms with Crippen molar-refractivity contribution >= 4 is 5.91 Å². The molecule has 0 radical (unpaired) electrons. The smallest absolute Gasteiger partial charge is 0.248 e. The van der Waals surface area contributed by atoms with E-state index in [2.05, 4.69) is 10.3 Å². The van der Waals surface area contributed by atoms with Crippen LogP contribution in [0.1, 0.15) is 5.56 Å². The van der Waals surface area contributed by atoms with Crippen LogP contribution in [0.15, 0.2) is 52.8 Å². The van der Waals surface area contributed by atoms with Gasteiger partial charge in [0.05, 0.1) is 6.61 Å². The van der Waals surface area contributed by atoms with E-state index in [9.17, 15) is 20.1 Å². The highest BCUT2D eigenvalue weighted by atomic mass is 16.6. The van der Waals surface area contributed by atoms with E-state index in [1.807, 2.05) is 30.3 Å². The van der Waals surface area contributed by atoms with E-state index >= 15 is 0 Å². The molecule has 0 saturated carbocycles. The van der Waals surface area contributed by atoms with Crippen LogP contribution in [0.2, 0.25) is 0 Å². The Balaban J connectivity index is 1.54. The van der Waals surface area contributed by atoms with Gasteiger partial charge in [0.25, 0.3) is 0 Å². The summed E-state index contributed by atoms with van der Waals surface area (Å²) >= 11 is 0. The lowest BCUT2D eigenvalue weighted by atomic mass is 10.1. The second-order valence-corrected chi connectivity index (χ2v) is 6.53. The zero-order valence-corrected chi connectivity index (χ0v) is 13.9. The van der Waals surface area contributed by atoms with Gasteiger partial charge >= 0.3 is 0 Å². The van der Waals surface area contributed by atoms with Gasteiger partial charge in [0.15, 0.2) is 12.4 Å². The van der Waals surface area contributed by atoms with Gasteiger partial charge in [-0.05, 0) is 5.56 Å². The quantitative estimate of drug-likeness (QED) is 0.660. The standard InChI is InChI=1S/C17H20N4O5/c22-9-12-14(24)15(25)17(26-12)21-11-6-7-13(23)20(16(11)18-19-21)8-10-4-2-1-3-5-10/h1-7,11-12,14-17,22,24-25H,8-9H2/t11-,12-,14+,15+,16+,17-/m0/s1. The molecular formula is C17H20N4O5. The largest absolute Gasteiger partial charge is 0.394 e. The number of hydrogen-bond donors (Lipinski definition) is 3. The van der Waals surface area contributed by atoms with E-state index in [0.29, 0.717) is 6.54 Å². The number of aliphatic hydroxyl groups excluding tert-OH is 3. The second kappa shape index (κ2) is 6.76. The van der Waals surface area contributed by atoms with Crippen LogP contribution in [0.3, 0.4) is 0 Å². The van der Waals surface area contributed by atoms with Crippen molar-refractivity contribution in [1.29, 1.82) is 0 Å². The Labute approximate surface area is 149 Å². The summed E-state index contributed by atoms with van der Waals surface area (Å²) in [6.07, 6.45) is -1.71. The van der Waals surface area contributed by atoms with Crippen LogP contribution in [-0.4, -0.2) is 74.5 Å². The van der Waals surface area contributed by atoms with Gasteiger partial charge in [-0.25, -0.2) is 5.01 Å². The average molecular weight is 360 g/mol. The average Bonchev–Trinajstić information content (AvgIpc) is 3.20. The predicted octanol–water partition coefficient (Wildman–Crippen LogP) is -0.599. The lowest BCUT2D eigenvalue weighted by Crippen LogP contribution is -2.53. The topological polar surface area (TPSA) is 118 Å². The van der Waals surface area contributed by atoms with Crippen molar-refractivity contribution in [2.45, 2.75) is 43.3 Å². The minimum absolute atomic E-state index is 0.169. The Morgan fingerprint density at radius 2 is 1.92 bits per heavy atom. The van der Waals surface area contributed by atoms with Gasteiger partial charge in [0, 0.05) is 12.6 Å². The van der Waals surface area contributed by atoms with Crippen molar-refractivity contribution in [3.63, 3.8) is 0 Å². The molecule has 1 aromatic carbocycles. The van der Waals surface area contributed by atoms with Crippen molar-refractivity contribution in [2.24, 2.45) is 10.3 Å². The van der Waals surface area contributed by atoms with Gasteiger partial charge in [0.2, 0.25) is 5.91 Å². The molecule has 0 unspecified atom stereocenters. The molecule has 9 heteroatoms. The van der Waals surface area contributed by atoms with Crippen LogP contribution in [0.5, 0.6) is 0 Å². The molecule has 6 atom stereocenters. The Bertz CT molecular complexity index is 727. The Kier molecular flexibility index (Phi) is 4.45. The molecule has 0 aliphatic carbocycles. The van der Waals surface area contributed by atoms with E-state index in [1.165, 1.54) is 11.1 Å². The van der Waals surface area contributed by atoms with Crippen LogP contribution < -0.4 is 0 Å². The summed E-state index contributed by atoms with van der Waals surface area (Å²) in [5.74, 6) is -0.169. The third kappa shape index (κ3) is 2.78. The molecular weight excluding hydrogens is 340 g/mol. The number of carbonyl (C=O) groups excluding carboxylic acids is 1. The molecule has 0 aromatic heterocycles. The maximum Gasteiger partial charge on any atom is 0.248 e. The zero-order chi connectivity index (χ0) is 18.3. The van der Waals surface area contributed by atoms with Gasteiger partial charge in [-0.1, -0.05) is 41.6 Å². The molecule has 3 N–H and O–H groups in total. The first-order valence-electron chi connectivity index (χ1n) is 8.44. The van der Waals surface area contributed by atoms with Crippen molar-refractivity contribution in [1.82, 2.24) is 9.91 Å². The highest BCUT2D eigenvalue weighted by Gasteiger charge is 2.51. The SMILES string of the molecule is O=C1C=C[C@H]2[C@H](N=NN2[C@H]2O[C@@H](CO)[C@@H](O)[C@H]2O)N1Cc1ccccc1. The van der Waals surface area contributed by atoms with Crippen LogP contribution in [0.4, 0.5) is 0 Å². The first-order chi connectivity index (χ1) is 12.6. The van der Waals surface area contributed by atoms with E-state index in [1.54, 1.807) is 11.0 Å². The third-order valence-corrected chi connectivity index (χ3v) is 4.90. The fourth-order valence-electron chi connectivity index (χ4n) is 3.49. The van der Waals surface area contributed by atoms with E-state index in [0.717, 1.165) is 5.56 Å². The molecule has 1 saturated heterocycles. The molecule has 3 aliphatic heterocycles. The molecule has 138 valence electrons. The minimum atomic E-state index is -1.24. The fourth-order valence-corrected chi connectivity index (χ4v) is 3.49. The number of ether oxygens (including phenoxy) is 1. The number of aliphatic hydroxyl groups is 3. The molecule has 0 spiro atoms. The fraction of sp³-hybridized carbons (Fsp3) is 0.471. The first kappa shape index (κ1) is 17.1. The van der Waals surface area contributed by atoms with Gasteiger partial charge in [-0.15, -0.1) is 5.11 Å². The second-order valence-electron chi connectivity index (χ2n) is 6.53. The summed E-state index contributed by atoms with van der Waals surface area (Å²) in [6.45, 7) is -0.0315. The minimum Gasteiger partial charge on any atom is -0.394 e. The summed E-state index contributed by atoms with van der Waals surface area (Å²) in [5.41, 5.74) is 0.969. The van der Waals surface area contributed by atoms with E-state index in [4.69, 9.17) is 4.74 Å². The molecule has 1 aromatic rings. The number of carbonyl (C=O) groups is 1. The number of rotatable bonds is 4. The van der Waals surface area contributed by atoms with E-state index < -0.39 is 43.4 Å². The number of amides is 1. The number of fused-ring (bicyclic) bond motifs is 1. The normalized spacial score (nSPS) is 36.0. The van der Waals surface area contributed by atoms with Gasteiger partial charge in [-0.2, -0.15) is 0 Å². The number of benzene rings is 1. The Hall–Kier alpha value is -2.33. The Morgan fingerprint density at radius 1 is 1.15 bits per heavy atom. The zero-order valence-electron chi connectivity index (χ0n) is 13.9. The van der Waals surface area contributed by atoms with Gasteiger partial charge in [-0.3, -0.25) is 4.79 Å². The highest BCUT2D eigenvalue weighted by molar-refractivity contribution is 5.89. The molecule has 3 heterocycles.